The van der Waals surface area contributed by atoms with Gasteiger partial charge in [0.2, 0.25) is 29.5 Å². The molecule has 0 radical (unpaired) electrons. The molecule has 2 aliphatic heterocycles. The van der Waals surface area contributed by atoms with Gasteiger partial charge in [0.25, 0.3) is 0 Å². The smallest absolute Gasteiger partial charge is 0.246 e. The Hall–Kier alpha value is -3.47. The minimum absolute atomic E-state index is 0.0235. The Morgan fingerprint density at radius 2 is 1.40 bits per heavy atom. The van der Waals surface area contributed by atoms with Crippen LogP contribution in [0.25, 0.3) is 0 Å². The zero-order valence-electron chi connectivity index (χ0n) is 28.3. The van der Waals surface area contributed by atoms with Gasteiger partial charge in [-0.1, -0.05) is 71.9 Å². The Labute approximate surface area is 268 Å². The first-order chi connectivity index (χ1) is 21.3. The molecule has 11 heteroatoms. The van der Waals surface area contributed by atoms with E-state index in [9.17, 15) is 24.0 Å². The second kappa shape index (κ2) is 16.2. The molecule has 0 bridgehead atoms. The van der Waals surface area contributed by atoms with Crippen LogP contribution in [0.1, 0.15) is 72.8 Å². The van der Waals surface area contributed by atoms with E-state index in [0.29, 0.717) is 38.9 Å². The molecule has 1 aromatic carbocycles. The van der Waals surface area contributed by atoms with E-state index >= 15 is 0 Å². The molecule has 2 fully saturated rings. The molecule has 0 aliphatic carbocycles. The summed E-state index contributed by atoms with van der Waals surface area (Å²) in [6.07, 6.45) is 2.46. The maximum Gasteiger partial charge on any atom is 0.246 e. The van der Waals surface area contributed by atoms with Gasteiger partial charge in [-0.2, -0.15) is 0 Å². The van der Waals surface area contributed by atoms with Gasteiger partial charge in [0, 0.05) is 26.7 Å². The van der Waals surface area contributed by atoms with Crippen LogP contribution >= 0.6 is 0 Å². The number of likely N-dealkylation sites (N-methyl/N-ethyl adjacent to an activating group) is 2. The van der Waals surface area contributed by atoms with E-state index in [0.717, 1.165) is 12.0 Å². The highest BCUT2D eigenvalue weighted by atomic mass is 16.2. The molecule has 45 heavy (non-hydrogen) atoms. The average Bonchev–Trinajstić information content (AvgIpc) is 3.69. The quantitative estimate of drug-likeness (QED) is 0.308. The van der Waals surface area contributed by atoms with Crippen molar-refractivity contribution in [1.82, 2.24) is 30.7 Å². The lowest BCUT2D eigenvalue weighted by molar-refractivity contribution is -0.153. The number of carbonyl (C=O) groups is 5. The lowest BCUT2D eigenvalue weighted by atomic mass is 9.96. The largest absolute Gasteiger partial charge is 0.350 e. The van der Waals surface area contributed by atoms with Crippen molar-refractivity contribution in [3.8, 4) is 0 Å². The lowest BCUT2D eigenvalue weighted by Gasteiger charge is -2.38. The number of amides is 5. The van der Waals surface area contributed by atoms with Gasteiger partial charge in [0.15, 0.2) is 0 Å². The van der Waals surface area contributed by atoms with Crippen molar-refractivity contribution in [3.63, 3.8) is 0 Å². The minimum Gasteiger partial charge on any atom is -0.350 e. The normalized spacial score (nSPS) is 20.3. The van der Waals surface area contributed by atoms with Crippen LogP contribution in [0.4, 0.5) is 0 Å². The van der Waals surface area contributed by atoms with Gasteiger partial charge in [-0.3, -0.25) is 24.0 Å². The molecule has 0 spiro atoms. The first-order valence-electron chi connectivity index (χ1n) is 16.5. The number of benzene rings is 1. The Bertz CT molecular complexity index is 1190. The molecule has 11 nitrogen and oxygen atoms in total. The van der Waals surface area contributed by atoms with E-state index < -0.39 is 30.2 Å². The summed E-state index contributed by atoms with van der Waals surface area (Å²) in [5.74, 6) is -1.73. The van der Waals surface area contributed by atoms with Crippen molar-refractivity contribution in [2.75, 3.05) is 27.2 Å². The fourth-order valence-electron chi connectivity index (χ4n) is 6.63. The predicted octanol–water partition coefficient (Wildman–Crippen LogP) is 2.15. The van der Waals surface area contributed by atoms with Gasteiger partial charge in [-0.05, 0) is 56.0 Å². The van der Waals surface area contributed by atoms with Crippen molar-refractivity contribution in [3.05, 3.63) is 35.9 Å². The van der Waals surface area contributed by atoms with Crippen LogP contribution in [-0.4, -0.2) is 102 Å². The first kappa shape index (κ1) is 36.0. The molecule has 5 atom stereocenters. The molecule has 2 saturated heterocycles. The highest BCUT2D eigenvalue weighted by Gasteiger charge is 2.45. The van der Waals surface area contributed by atoms with Crippen molar-refractivity contribution >= 4 is 29.5 Å². The van der Waals surface area contributed by atoms with Crippen LogP contribution in [0.15, 0.2) is 30.3 Å². The number of hydrogen-bond acceptors (Lipinski definition) is 6. The summed E-state index contributed by atoms with van der Waals surface area (Å²) in [5.41, 5.74) is 0.980. The van der Waals surface area contributed by atoms with Crippen LogP contribution < -0.4 is 16.0 Å². The van der Waals surface area contributed by atoms with E-state index in [1.807, 2.05) is 71.9 Å². The molecule has 2 aliphatic rings. The third kappa shape index (κ3) is 8.62. The molecular weight excluding hydrogens is 572 g/mol. The van der Waals surface area contributed by atoms with Crippen LogP contribution in [0.5, 0.6) is 0 Å². The fourth-order valence-corrected chi connectivity index (χ4v) is 6.63. The van der Waals surface area contributed by atoms with Gasteiger partial charge in [0.1, 0.15) is 24.2 Å². The number of carbonyl (C=O) groups excluding carboxylic acids is 5. The predicted molar refractivity (Wildman–Crippen MR) is 174 cm³/mol. The average molecular weight is 627 g/mol. The molecule has 5 amide bonds. The number of nitrogens with one attached hydrogen (secondary N) is 3. The third-order valence-corrected chi connectivity index (χ3v) is 9.11. The zero-order chi connectivity index (χ0) is 33.4. The summed E-state index contributed by atoms with van der Waals surface area (Å²) in [6.45, 7) is 12.6. The van der Waals surface area contributed by atoms with E-state index in [1.165, 1.54) is 4.90 Å². The SMILES string of the molecule is CNC(C(=O)N[C@H](C(=O)N(C)[C@H](C(=O)N1CCC[C@H]1C(=O)N1CCC[C@H]1C(=O)NCc1ccccc1)C(C)C)C(C)C)C(C)C. The monoisotopic (exact) mass is 626 g/mol. The Balaban J connectivity index is 1.74. The van der Waals surface area contributed by atoms with E-state index in [4.69, 9.17) is 0 Å². The van der Waals surface area contributed by atoms with Crippen LogP contribution in [0.3, 0.4) is 0 Å². The van der Waals surface area contributed by atoms with E-state index in [2.05, 4.69) is 16.0 Å². The Morgan fingerprint density at radius 1 is 0.822 bits per heavy atom. The molecule has 3 rings (SSSR count). The van der Waals surface area contributed by atoms with Crippen LogP contribution in [0, 0.1) is 17.8 Å². The van der Waals surface area contributed by atoms with Crippen molar-refractivity contribution in [2.24, 2.45) is 17.8 Å². The number of likely N-dealkylation sites (tertiary alicyclic amines) is 2. The van der Waals surface area contributed by atoms with Gasteiger partial charge in [-0.15, -0.1) is 0 Å². The highest BCUT2D eigenvalue weighted by molar-refractivity contribution is 5.96. The van der Waals surface area contributed by atoms with Gasteiger partial charge in [-0.25, -0.2) is 0 Å². The second-order valence-corrected chi connectivity index (χ2v) is 13.5. The second-order valence-electron chi connectivity index (χ2n) is 13.5. The number of rotatable bonds is 13. The molecule has 3 N–H and O–H groups in total. The Kier molecular flexibility index (Phi) is 13.0. The highest BCUT2D eigenvalue weighted by Crippen LogP contribution is 2.28. The topological polar surface area (TPSA) is 131 Å². The molecular formula is C34H54N6O5. The van der Waals surface area contributed by atoms with Crippen LogP contribution in [-0.2, 0) is 30.5 Å². The zero-order valence-corrected chi connectivity index (χ0v) is 28.3. The molecule has 0 saturated carbocycles. The van der Waals surface area contributed by atoms with Gasteiger partial charge in [0.05, 0.1) is 6.04 Å². The fraction of sp³-hybridized carbons (Fsp3) is 0.676. The van der Waals surface area contributed by atoms with Gasteiger partial charge >= 0.3 is 0 Å². The summed E-state index contributed by atoms with van der Waals surface area (Å²) in [6, 6.07) is 6.27. The summed E-state index contributed by atoms with van der Waals surface area (Å²) < 4.78 is 0. The van der Waals surface area contributed by atoms with Gasteiger partial charge < -0.3 is 30.7 Å². The van der Waals surface area contributed by atoms with E-state index in [1.54, 1.807) is 23.9 Å². The third-order valence-electron chi connectivity index (χ3n) is 9.11. The first-order valence-corrected chi connectivity index (χ1v) is 16.5. The molecule has 1 unspecified atom stereocenters. The van der Waals surface area contributed by atoms with Crippen molar-refractivity contribution < 1.29 is 24.0 Å². The standard InChI is InChI=1S/C34H54N6O5/c1-21(2)27(35-7)31(42)37-28(22(3)4)33(44)38(8)29(23(5)6)34(45)40-19-13-17-26(40)32(43)39-18-12-16-25(39)30(41)36-20-24-14-10-9-11-15-24/h9-11,14-15,21-23,25-29,35H,12-13,16-20H2,1-8H3,(H,36,41)(H,37,42)/t25-,26-,27?,28-,29-/m0/s1. The van der Waals surface area contributed by atoms with Crippen LogP contribution in [0.2, 0.25) is 0 Å². The molecule has 250 valence electrons. The maximum atomic E-state index is 14.2. The summed E-state index contributed by atoms with van der Waals surface area (Å²) in [7, 11) is 3.32. The maximum absolute atomic E-state index is 14.2. The molecule has 0 aromatic heterocycles. The van der Waals surface area contributed by atoms with Crippen molar-refractivity contribution in [2.45, 2.75) is 104 Å². The number of hydrogen-bond donors (Lipinski definition) is 3. The summed E-state index contributed by atoms with van der Waals surface area (Å²) >= 11 is 0. The Morgan fingerprint density at radius 3 is 1.96 bits per heavy atom. The van der Waals surface area contributed by atoms with Crippen molar-refractivity contribution in [1.29, 1.82) is 0 Å². The molecule has 1 aromatic rings. The minimum atomic E-state index is -0.821. The lowest BCUT2D eigenvalue weighted by Crippen LogP contribution is -2.61. The number of nitrogens with zero attached hydrogens (tertiary/aromatic N) is 3. The van der Waals surface area contributed by atoms with E-state index in [-0.39, 0.29) is 47.3 Å². The summed E-state index contributed by atoms with van der Waals surface area (Å²) in [5, 5.41) is 8.90. The molecule has 2 heterocycles. The summed E-state index contributed by atoms with van der Waals surface area (Å²) in [4.78, 5) is 72.9.